The molecule has 1 aromatic rings. The number of hydrogen-bond donors (Lipinski definition) is 1. The van der Waals surface area contributed by atoms with Gasteiger partial charge >= 0.3 is 5.97 Å². The Morgan fingerprint density at radius 2 is 1.88 bits per heavy atom. The number of carbonyl (C=O) groups is 1. The fourth-order valence-corrected chi connectivity index (χ4v) is 1.73. The van der Waals surface area contributed by atoms with Gasteiger partial charge in [-0.1, -0.05) is 19.1 Å². The van der Waals surface area contributed by atoms with Gasteiger partial charge in [-0.15, -0.1) is 0 Å². The smallest absolute Gasteiger partial charge is 0.303 e. The molecule has 0 aliphatic carbocycles. The molecule has 0 radical (unpaired) electrons. The second-order valence-electron chi connectivity index (χ2n) is 4.67. The molecule has 0 saturated carbocycles. The molecule has 94 valence electrons. The number of aryl methyl sites for hydroxylation is 2. The van der Waals surface area contributed by atoms with E-state index in [0.717, 1.165) is 16.9 Å². The van der Waals surface area contributed by atoms with Gasteiger partial charge in [-0.3, -0.25) is 4.79 Å². The molecular formula is C14H20O3. The van der Waals surface area contributed by atoms with Crippen LogP contribution in [0.1, 0.15) is 30.0 Å². The highest BCUT2D eigenvalue weighted by molar-refractivity contribution is 5.66. The molecule has 1 rings (SSSR count). The van der Waals surface area contributed by atoms with Crippen LogP contribution in [0.2, 0.25) is 0 Å². The highest BCUT2D eigenvalue weighted by Crippen LogP contribution is 2.26. The van der Waals surface area contributed by atoms with Gasteiger partial charge in [0, 0.05) is 5.92 Å². The first-order valence-electron chi connectivity index (χ1n) is 5.83. The maximum absolute atomic E-state index is 10.6. The van der Waals surface area contributed by atoms with Crippen LogP contribution < -0.4 is 4.74 Å². The average Bonchev–Trinajstić information content (AvgIpc) is 2.23. The molecule has 0 spiro atoms. The van der Waals surface area contributed by atoms with Crippen LogP contribution in [0.5, 0.6) is 5.75 Å². The highest BCUT2D eigenvalue weighted by Gasteiger charge is 2.11. The summed E-state index contributed by atoms with van der Waals surface area (Å²) in [6.45, 7) is 8.40. The Kier molecular flexibility index (Phi) is 4.55. The van der Waals surface area contributed by atoms with E-state index in [4.69, 9.17) is 9.84 Å². The summed E-state index contributed by atoms with van der Waals surface area (Å²) < 4.78 is 5.75. The molecule has 1 aromatic carbocycles. The standard InChI is InChI=1S/C14H20O3/c1-9(7-13(15)16)8-17-14-11(3)6-5-10(2)12(14)4/h5-6,9H,7-8H2,1-4H3,(H,15,16). The number of carboxylic acid groups (broad SMARTS) is 1. The van der Waals surface area contributed by atoms with Crippen LogP contribution in [-0.2, 0) is 4.79 Å². The van der Waals surface area contributed by atoms with Crippen molar-refractivity contribution >= 4 is 5.97 Å². The minimum absolute atomic E-state index is 0.0202. The van der Waals surface area contributed by atoms with Crippen LogP contribution >= 0.6 is 0 Å². The van der Waals surface area contributed by atoms with Crippen molar-refractivity contribution in [2.24, 2.45) is 5.92 Å². The number of aliphatic carboxylic acids is 1. The van der Waals surface area contributed by atoms with Gasteiger partial charge < -0.3 is 9.84 Å². The number of hydrogen-bond acceptors (Lipinski definition) is 2. The summed E-state index contributed by atoms with van der Waals surface area (Å²) in [5, 5.41) is 8.68. The van der Waals surface area contributed by atoms with E-state index >= 15 is 0 Å². The van der Waals surface area contributed by atoms with Gasteiger partial charge in [0.2, 0.25) is 0 Å². The van der Waals surface area contributed by atoms with Crippen molar-refractivity contribution < 1.29 is 14.6 Å². The summed E-state index contributed by atoms with van der Waals surface area (Å²) in [4.78, 5) is 10.6. The Morgan fingerprint density at radius 1 is 1.29 bits per heavy atom. The van der Waals surface area contributed by atoms with Crippen molar-refractivity contribution in [2.45, 2.75) is 34.1 Å². The third-order valence-electron chi connectivity index (χ3n) is 2.91. The third-order valence-corrected chi connectivity index (χ3v) is 2.91. The maximum atomic E-state index is 10.6. The quantitative estimate of drug-likeness (QED) is 0.854. The summed E-state index contributed by atoms with van der Waals surface area (Å²) in [5.74, 6) is 0.132. The molecule has 0 aliphatic rings. The minimum atomic E-state index is -0.779. The van der Waals surface area contributed by atoms with Gasteiger partial charge in [-0.25, -0.2) is 0 Å². The summed E-state index contributed by atoms with van der Waals surface area (Å²) in [6.07, 6.45) is 0.143. The molecule has 17 heavy (non-hydrogen) atoms. The fraction of sp³-hybridized carbons (Fsp3) is 0.500. The number of ether oxygens (including phenoxy) is 1. The van der Waals surface area contributed by atoms with Crippen molar-refractivity contribution in [3.8, 4) is 5.75 Å². The van der Waals surface area contributed by atoms with Crippen LogP contribution in [0.15, 0.2) is 12.1 Å². The Hall–Kier alpha value is -1.51. The van der Waals surface area contributed by atoms with E-state index in [9.17, 15) is 4.79 Å². The predicted molar refractivity (Wildman–Crippen MR) is 67.6 cm³/mol. The first-order valence-corrected chi connectivity index (χ1v) is 5.83. The number of carboxylic acids is 1. The molecule has 0 bridgehead atoms. The second kappa shape index (κ2) is 5.71. The molecule has 0 saturated heterocycles. The molecule has 1 atom stereocenters. The lowest BCUT2D eigenvalue weighted by molar-refractivity contribution is -0.138. The topological polar surface area (TPSA) is 46.5 Å². The van der Waals surface area contributed by atoms with Gasteiger partial charge in [0.15, 0.2) is 0 Å². The van der Waals surface area contributed by atoms with E-state index in [-0.39, 0.29) is 12.3 Å². The highest BCUT2D eigenvalue weighted by atomic mass is 16.5. The van der Waals surface area contributed by atoms with Gasteiger partial charge in [-0.05, 0) is 37.5 Å². The number of benzene rings is 1. The van der Waals surface area contributed by atoms with Gasteiger partial charge in [0.05, 0.1) is 13.0 Å². The van der Waals surface area contributed by atoms with Crippen LogP contribution in [0, 0.1) is 26.7 Å². The summed E-state index contributed by atoms with van der Waals surface area (Å²) in [6, 6.07) is 4.09. The van der Waals surface area contributed by atoms with E-state index in [1.54, 1.807) is 0 Å². The zero-order valence-electron chi connectivity index (χ0n) is 10.9. The minimum Gasteiger partial charge on any atom is -0.493 e. The summed E-state index contributed by atoms with van der Waals surface area (Å²) >= 11 is 0. The van der Waals surface area contributed by atoms with Crippen LogP contribution in [0.25, 0.3) is 0 Å². The molecule has 0 heterocycles. The van der Waals surface area contributed by atoms with Crippen molar-refractivity contribution in [3.63, 3.8) is 0 Å². The normalized spacial score (nSPS) is 12.2. The van der Waals surface area contributed by atoms with E-state index in [0.29, 0.717) is 6.61 Å². The Morgan fingerprint density at radius 3 is 2.47 bits per heavy atom. The number of rotatable bonds is 5. The zero-order chi connectivity index (χ0) is 13.0. The van der Waals surface area contributed by atoms with Crippen LogP contribution in [0.3, 0.4) is 0 Å². The molecule has 1 N–H and O–H groups in total. The molecular weight excluding hydrogens is 216 g/mol. The maximum Gasteiger partial charge on any atom is 0.303 e. The van der Waals surface area contributed by atoms with Crippen molar-refractivity contribution in [2.75, 3.05) is 6.61 Å². The molecule has 0 aliphatic heterocycles. The van der Waals surface area contributed by atoms with E-state index in [2.05, 4.69) is 6.07 Å². The first-order chi connectivity index (χ1) is 7.91. The second-order valence-corrected chi connectivity index (χ2v) is 4.67. The fourth-order valence-electron chi connectivity index (χ4n) is 1.73. The summed E-state index contributed by atoms with van der Waals surface area (Å²) in [5.41, 5.74) is 3.42. The van der Waals surface area contributed by atoms with E-state index < -0.39 is 5.97 Å². The Balaban J connectivity index is 2.69. The third kappa shape index (κ3) is 3.77. The van der Waals surface area contributed by atoms with Crippen molar-refractivity contribution in [3.05, 3.63) is 28.8 Å². The summed E-state index contributed by atoms with van der Waals surface area (Å²) in [7, 11) is 0. The van der Waals surface area contributed by atoms with E-state index in [1.165, 1.54) is 5.56 Å². The monoisotopic (exact) mass is 236 g/mol. The van der Waals surface area contributed by atoms with Crippen LogP contribution in [-0.4, -0.2) is 17.7 Å². The Bertz CT molecular complexity index is 410. The molecule has 3 nitrogen and oxygen atoms in total. The lowest BCUT2D eigenvalue weighted by Crippen LogP contribution is -2.14. The molecule has 0 aromatic heterocycles. The average molecular weight is 236 g/mol. The molecule has 3 heteroatoms. The first kappa shape index (κ1) is 13.6. The Labute approximate surface area is 102 Å². The zero-order valence-corrected chi connectivity index (χ0v) is 10.9. The largest absolute Gasteiger partial charge is 0.493 e. The lowest BCUT2D eigenvalue weighted by Gasteiger charge is -2.16. The van der Waals surface area contributed by atoms with Gasteiger partial charge in [-0.2, -0.15) is 0 Å². The molecule has 0 amide bonds. The lowest BCUT2D eigenvalue weighted by atomic mass is 10.0. The van der Waals surface area contributed by atoms with Gasteiger partial charge in [0.1, 0.15) is 5.75 Å². The van der Waals surface area contributed by atoms with Gasteiger partial charge in [0.25, 0.3) is 0 Å². The van der Waals surface area contributed by atoms with Crippen LogP contribution in [0.4, 0.5) is 0 Å². The molecule has 1 unspecified atom stereocenters. The van der Waals surface area contributed by atoms with Crippen molar-refractivity contribution in [1.29, 1.82) is 0 Å². The SMILES string of the molecule is Cc1ccc(C)c(OCC(C)CC(=O)O)c1C. The van der Waals surface area contributed by atoms with E-state index in [1.807, 2.05) is 33.8 Å². The van der Waals surface area contributed by atoms with Crippen molar-refractivity contribution in [1.82, 2.24) is 0 Å². The predicted octanol–water partition coefficient (Wildman–Crippen LogP) is 3.10. The molecule has 0 fully saturated rings.